The minimum atomic E-state index is 0. The molecule has 0 aromatic carbocycles. The molecule has 110 valence electrons. The summed E-state index contributed by atoms with van der Waals surface area (Å²) in [7, 11) is 4.13. The van der Waals surface area contributed by atoms with Gasteiger partial charge in [-0.3, -0.25) is 0 Å². The molecule has 0 amide bonds. The highest BCUT2D eigenvalue weighted by molar-refractivity contribution is 8.77. The van der Waals surface area contributed by atoms with Crippen LogP contribution in [0.25, 0.3) is 0 Å². The Labute approximate surface area is 138 Å². The van der Waals surface area contributed by atoms with Crippen molar-refractivity contribution in [3.05, 3.63) is 36.9 Å². The van der Waals surface area contributed by atoms with E-state index in [-0.39, 0.29) is 24.8 Å². The first-order valence-electron chi connectivity index (χ1n) is 6.30. The van der Waals surface area contributed by atoms with Crippen molar-refractivity contribution < 1.29 is 34.2 Å². The van der Waals surface area contributed by atoms with E-state index in [4.69, 9.17) is 0 Å². The summed E-state index contributed by atoms with van der Waals surface area (Å²) < 4.78 is 9.24. The van der Waals surface area contributed by atoms with Gasteiger partial charge in [0.05, 0.1) is 36.0 Å². The van der Waals surface area contributed by atoms with E-state index in [1.165, 1.54) is 0 Å². The van der Waals surface area contributed by atoms with Gasteiger partial charge in [-0.05, 0) is 0 Å². The number of aromatic nitrogens is 4. The average Bonchev–Trinajstić information content (AvgIpc) is 3.04. The third kappa shape index (κ3) is 2.98. The highest BCUT2D eigenvalue weighted by atomic mass is 35.5. The summed E-state index contributed by atoms with van der Waals surface area (Å²) in [5.74, 6) is 0. The summed E-state index contributed by atoms with van der Waals surface area (Å²) in [4.78, 5) is 0. The smallest absolute Gasteiger partial charge is 0.195 e. The molecule has 0 fully saturated rings. The van der Waals surface area contributed by atoms with Crippen molar-refractivity contribution in [2.75, 3.05) is 0 Å². The van der Waals surface area contributed by atoms with E-state index in [0.717, 1.165) is 36.7 Å². The number of hydrogen-bond acceptors (Lipinski definition) is 2. The molecule has 0 radical (unpaired) electrons. The lowest BCUT2D eigenvalue weighted by molar-refractivity contribution is -0.757. The highest BCUT2D eigenvalue weighted by Gasteiger charge is 2.32. The van der Waals surface area contributed by atoms with Gasteiger partial charge in [0.25, 0.3) is 0 Å². The number of hydrogen-bond donors (Lipinski definition) is 0. The lowest BCUT2D eigenvalue weighted by atomic mass is 10.4. The Balaban J connectivity index is 0.000000735. The second kappa shape index (κ2) is 6.64. The summed E-state index contributed by atoms with van der Waals surface area (Å²) in [5, 5.41) is 1.45. The molecule has 2 aliphatic heterocycles. The first-order chi connectivity index (χ1) is 8.88. The summed E-state index contributed by atoms with van der Waals surface area (Å²) in [6, 6.07) is 4.24. The van der Waals surface area contributed by atoms with Crippen molar-refractivity contribution in [1.82, 2.24) is 9.36 Å². The molecule has 4 rings (SSSR count). The molecular formula is C12H16Cl2N4S2. The fourth-order valence-corrected chi connectivity index (χ4v) is 5.55. The molecule has 2 aliphatic rings. The fraction of sp³-hybridized carbons (Fsp3) is 0.500. The quantitative estimate of drug-likeness (QED) is 0.406. The van der Waals surface area contributed by atoms with Gasteiger partial charge in [-0.25, -0.2) is 0 Å². The molecular weight excluding hydrogens is 335 g/mol. The van der Waals surface area contributed by atoms with Crippen molar-refractivity contribution in [2.45, 2.75) is 36.7 Å². The third-order valence-electron chi connectivity index (χ3n) is 3.58. The van der Waals surface area contributed by atoms with Crippen LogP contribution in [-0.2, 0) is 26.2 Å². The molecule has 0 atom stereocenters. The van der Waals surface area contributed by atoms with Crippen molar-refractivity contribution >= 4 is 21.6 Å². The van der Waals surface area contributed by atoms with Gasteiger partial charge in [-0.2, -0.15) is 9.36 Å². The van der Waals surface area contributed by atoms with E-state index in [9.17, 15) is 0 Å². The topological polar surface area (TPSA) is 17.6 Å². The van der Waals surface area contributed by atoms with Gasteiger partial charge in [0, 0.05) is 12.1 Å². The lowest BCUT2D eigenvalue weighted by Gasteiger charge is -2.06. The zero-order valence-corrected chi connectivity index (χ0v) is 14.0. The summed E-state index contributed by atoms with van der Waals surface area (Å²) in [5.41, 5.74) is 0. The average molecular weight is 351 g/mol. The minimum Gasteiger partial charge on any atom is -1.00 e. The second-order valence-corrected chi connectivity index (χ2v) is 7.78. The first-order valence-corrected chi connectivity index (χ1v) is 8.58. The van der Waals surface area contributed by atoms with Gasteiger partial charge in [0.2, 0.25) is 0 Å². The summed E-state index contributed by atoms with van der Waals surface area (Å²) in [6.07, 6.45) is 8.68. The summed E-state index contributed by atoms with van der Waals surface area (Å²) in [6.45, 7) is 4.60. The maximum Gasteiger partial charge on any atom is 0.195 e. The first kappa shape index (κ1) is 16.1. The molecule has 0 unspecified atom stereocenters. The van der Waals surface area contributed by atoms with Crippen LogP contribution in [0, 0.1) is 0 Å². The Morgan fingerprint density at radius 2 is 1.25 bits per heavy atom. The Bertz CT molecular complexity index is 480. The van der Waals surface area contributed by atoms with Crippen molar-refractivity contribution in [3.8, 4) is 0 Å². The van der Waals surface area contributed by atoms with Crippen LogP contribution < -0.4 is 34.2 Å². The van der Waals surface area contributed by atoms with Crippen LogP contribution in [0.3, 0.4) is 0 Å². The number of halogens is 2. The Morgan fingerprint density at radius 1 is 0.800 bits per heavy atom. The van der Waals surface area contributed by atoms with Crippen LogP contribution in [-0.4, -0.2) is 19.9 Å². The zero-order chi connectivity index (χ0) is 11.9. The molecule has 0 saturated heterocycles. The van der Waals surface area contributed by atoms with Crippen LogP contribution in [0.4, 0.5) is 0 Å². The molecule has 2 aromatic heterocycles. The molecule has 20 heavy (non-hydrogen) atoms. The SMILES string of the molecule is [Cl-].[Cl-].c1cn2[n+](c1)CC(SSC1Cn3ccc[n+]3C1)C2. The van der Waals surface area contributed by atoms with Gasteiger partial charge in [0.15, 0.2) is 25.5 Å². The highest BCUT2D eigenvalue weighted by Crippen LogP contribution is 2.35. The normalized spacial score (nSPS) is 22.8. The van der Waals surface area contributed by atoms with Gasteiger partial charge in [0.1, 0.15) is 0 Å². The molecule has 0 bridgehead atoms. The molecule has 4 heterocycles. The van der Waals surface area contributed by atoms with Crippen LogP contribution in [0.2, 0.25) is 0 Å². The minimum absolute atomic E-state index is 0. The molecule has 4 nitrogen and oxygen atoms in total. The molecule has 0 saturated carbocycles. The zero-order valence-electron chi connectivity index (χ0n) is 10.8. The van der Waals surface area contributed by atoms with E-state index in [2.05, 4.69) is 77.2 Å². The lowest BCUT2D eigenvalue weighted by Crippen LogP contribution is -3.00. The standard InChI is InChI=1S/C12H16N4S2.2ClH/c1-3-13-7-11(8-14(13)4-1)17-18-12-9-15-5-2-6-16(15)10-12;;/h1-6,11-12H,7-10H2;2*1H/q+2;;/p-2. The molecule has 0 spiro atoms. The monoisotopic (exact) mass is 350 g/mol. The van der Waals surface area contributed by atoms with Crippen LogP contribution >= 0.6 is 21.6 Å². The second-order valence-electron chi connectivity index (χ2n) is 4.91. The van der Waals surface area contributed by atoms with Crippen LogP contribution in [0.15, 0.2) is 36.9 Å². The van der Waals surface area contributed by atoms with E-state index in [1.54, 1.807) is 0 Å². The van der Waals surface area contributed by atoms with Crippen molar-refractivity contribution in [3.63, 3.8) is 0 Å². The molecule has 8 heteroatoms. The van der Waals surface area contributed by atoms with Gasteiger partial charge in [-0.1, -0.05) is 21.6 Å². The molecule has 0 aliphatic carbocycles. The van der Waals surface area contributed by atoms with Crippen molar-refractivity contribution in [1.29, 1.82) is 0 Å². The number of fused-ring (bicyclic) bond motifs is 2. The largest absolute Gasteiger partial charge is 1.00 e. The predicted octanol–water partition coefficient (Wildman–Crippen LogP) is -5.28. The van der Waals surface area contributed by atoms with E-state index in [1.807, 2.05) is 0 Å². The summed E-state index contributed by atoms with van der Waals surface area (Å²) >= 11 is 0. The van der Waals surface area contributed by atoms with E-state index < -0.39 is 0 Å². The number of rotatable bonds is 3. The molecule has 2 aromatic rings. The van der Waals surface area contributed by atoms with Gasteiger partial charge < -0.3 is 24.8 Å². The van der Waals surface area contributed by atoms with Crippen molar-refractivity contribution in [2.24, 2.45) is 0 Å². The Kier molecular flexibility index (Phi) is 5.34. The van der Waals surface area contributed by atoms with E-state index >= 15 is 0 Å². The predicted molar refractivity (Wildman–Crippen MR) is 72.0 cm³/mol. The maximum absolute atomic E-state index is 2.31. The van der Waals surface area contributed by atoms with Gasteiger partial charge >= 0.3 is 0 Å². The number of nitrogens with zero attached hydrogens (tertiary/aromatic N) is 4. The van der Waals surface area contributed by atoms with Gasteiger partial charge in [-0.15, -0.1) is 9.36 Å². The van der Waals surface area contributed by atoms with Crippen LogP contribution in [0.5, 0.6) is 0 Å². The Morgan fingerprint density at radius 3 is 1.65 bits per heavy atom. The van der Waals surface area contributed by atoms with Crippen LogP contribution in [0.1, 0.15) is 0 Å². The fourth-order valence-electron chi connectivity index (χ4n) is 2.71. The third-order valence-corrected chi connectivity index (χ3v) is 6.80. The Hall–Kier alpha value is -0.300. The molecule has 0 N–H and O–H groups in total. The van der Waals surface area contributed by atoms with E-state index in [0.29, 0.717) is 0 Å². The maximum atomic E-state index is 2.31.